The van der Waals surface area contributed by atoms with Crippen molar-refractivity contribution in [2.75, 3.05) is 5.73 Å². The summed E-state index contributed by atoms with van der Waals surface area (Å²) in [5, 5.41) is 9.02. The minimum absolute atomic E-state index is 0.319. The first-order valence-electron chi connectivity index (χ1n) is 3.98. The number of anilines is 1. The van der Waals surface area contributed by atoms with Crippen LogP contribution in [0.2, 0.25) is 5.02 Å². The van der Waals surface area contributed by atoms with Crippen LogP contribution in [0.15, 0.2) is 12.1 Å². The van der Waals surface area contributed by atoms with Crippen molar-refractivity contribution in [2.24, 2.45) is 5.73 Å². The highest BCUT2D eigenvalue weighted by Crippen LogP contribution is 2.28. The van der Waals surface area contributed by atoms with Crippen LogP contribution < -0.4 is 11.5 Å². The SMILES string of the molecule is Cc1c(N)ccc([C@H](N)C(=O)O)c1Cl. The monoisotopic (exact) mass is 214 g/mol. The van der Waals surface area contributed by atoms with E-state index in [4.69, 9.17) is 28.2 Å². The lowest BCUT2D eigenvalue weighted by atomic mass is 10.0. The topological polar surface area (TPSA) is 89.3 Å². The molecule has 0 saturated heterocycles. The zero-order chi connectivity index (χ0) is 10.9. The number of carbonyl (C=O) groups is 1. The first kappa shape index (κ1) is 10.8. The fourth-order valence-corrected chi connectivity index (χ4v) is 1.38. The number of halogens is 1. The first-order valence-corrected chi connectivity index (χ1v) is 4.35. The van der Waals surface area contributed by atoms with E-state index in [2.05, 4.69) is 0 Å². The molecule has 14 heavy (non-hydrogen) atoms. The summed E-state index contributed by atoms with van der Waals surface area (Å²) in [5.74, 6) is -1.11. The molecule has 5 N–H and O–H groups in total. The largest absolute Gasteiger partial charge is 0.480 e. The number of carboxylic acids is 1. The van der Waals surface area contributed by atoms with Gasteiger partial charge in [-0.1, -0.05) is 17.7 Å². The lowest BCUT2D eigenvalue weighted by Gasteiger charge is -2.12. The summed E-state index contributed by atoms with van der Waals surface area (Å²) < 4.78 is 0. The van der Waals surface area contributed by atoms with Crippen molar-refractivity contribution in [3.63, 3.8) is 0 Å². The van der Waals surface area contributed by atoms with Crippen LogP contribution in [0.25, 0.3) is 0 Å². The van der Waals surface area contributed by atoms with Gasteiger partial charge in [-0.3, -0.25) is 4.79 Å². The summed E-state index contributed by atoms with van der Waals surface area (Å²) in [4.78, 5) is 10.6. The van der Waals surface area contributed by atoms with Crippen LogP contribution in [0.4, 0.5) is 5.69 Å². The van der Waals surface area contributed by atoms with Gasteiger partial charge in [0.1, 0.15) is 6.04 Å². The molecule has 0 spiro atoms. The van der Waals surface area contributed by atoms with E-state index in [0.717, 1.165) is 0 Å². The fraction of sp³-hybridized carbons (Fsp3) is 0.222. The second kappa shape index (κ2) is 3.86. The number of nitrogens with two attached hydrogens (primary N) is 2. The third kappa shape index (κ3) is 1.81. The molecule has 0 heterocycles. The molecule has 4 nitrogen and oxygen atoms in total. The molecule has 0 aliphatic carbocycles. The molecule has 0 radical (unpaired) electrons. The van der Waals surface area contributed by atoms with Gasteiger partial charge in [0.2, 0.25) is 0 Å². The number of hydrogen-bond acceptors (Lipinski definition) is 3. The zero-order valence-electron chi connectivity index (χ0n) is 7.62. The van der Waals surface area contributed by atoms with Crippen molar-refractivity contribution in [3.8, 4) is 0 Å². The lowest BCUT2D eigenvalue weighted by Crippen LogP contribution is -2.21. The van der Waals surface area contributed by atoms with Crippen LogP contribution in [0, 0.1) is 6.92 Å². The lowest BCUT2D eigenvalue weighted by molar-refractivity contribution is -0.138. The van der Waals surface area contributed by atoms with E-state index in [1.54, 1.807) is 13.0 Å². The Hall–Kier alpha value is -1.26. The van der Waals surface area contributed by atoms with Gasteiger partial charge in [-0.05, 0) is 24.1 Å². The van der Waals surface area contributed by atoms with Gasteiger partial charge < -0.3 is 16.6 Å². The highest BCUT2D eigenvalue weighted by molar-refractivity contribution is 6.32. The molecular formula is C9H11ClN2O2. The molecule has 0 saturated carbocycles. The molecule has 1 aromatic carbocycles. The second-order valence-corrected chi connectivity index (χ2v) is 3.38. The predicted molar refractivity (Wildman–Crippen MR) is 55.2 cm³/mol. The first-order chi connectivity index (χ1) is 6.45. The molecule has 0 aromatic heterocycles. The van der Waals surface area contributed by atoms with E-state index in [1.165, 1.54) is 6.07 Å². The molecular weight excluding hydrogens is 204 g/mol. The van der Waals surface area contributed by atoms with Crippen LogP contribution >= 0.6 is 11.6 Å². The minimum atomic E-state index is -1.11. The Balaban J connectivity index is 3.24. The van der Waals surface area contributed by atoms with E-state index in [1.807, 2.05) is 0 Å². The molecule has 1 aromatic rings. The van der Waals surface area contributed by atoms with Crippen LogP contribution in [-0.2, 0) is 4.79 Å². The average molecular weight is 215 g/mol. The molecule has 5 heteroatoms. The normalized spacial score (nSPS) is 12.5. The third-order valence-electron chi connectivity index (χ3n) is 2.06. The van der Waals surface area contributed by atoms with E-state index < -0.39 is 12.0 Å². The summed E-state index contributed by atoms with van der Waals surface area (Å²) in [6.07, 6.45) is 0. The van der Waals surface area contributed by atoms with E-state index in [-0.39, 0.29) is 0 Å². The molecule has 0 unspecified atom stereocenters. The predicted octanol–water partition coefficient (Wildman–Crippen LogP) is 1.32. The number of rotatable bonds is 2. The third-order valence-corrected chi connectivity index (χ3v) is 2.56. The van der Waals surface area contributed by atoms with Crippen LogP contribution in [0.1, 0.15) is 17.2 Å². The summed E-state index contributed by atoms with van der Waals surface area (Å²) in [6.45, 7) is 1.72. The Morgan fingerprint density at radius 3 is 2.64 bits per heavy atom. The maximum Gasteiger partial charge on any atom is 0.325 e. The second-order valence-electron chi connectivity index (χ2n) is 3.00. The Morgan fingerprint density at radius 2 is 2.14 bits per heavy atom. The van der Waals surface area contributed by atoms with Gasteiger partial charge in [0.25, 0.3) is 0 Å². The highest BCUT2D eigenvalue weighted by Gasteiger charge is 2.18. The smallest absolute Gasteiger partial charge is 0.325 e. The van der Waals surface area contributed by atoms with Gasteiger partial charge in [-0.15, -0.1) is 0 Å². The molecule has 76 valence electrons. The van der Waals surface area contributed by atoms with Crippen molar-refractivity contribution >= 4 is 23.3 Å². The molecule has 0 fully saturated rings. The highest BCUT2D eigenvalue weighted by atomic mass is 35.5. The molecule has 1 atom stereocenters. The van der Waals surface area contributed by atoms with Crippen molar-refractivity contribution < 1.29 is 9.90 Å². The summed E-state index contributed by atoms with van der Waals surface area (Å²) in [7, 11) is 0. The fourth-order valence-electron chi connectivity index (χ4n) is 1.09. The quantitative estimate of drug-likeness (QED) is 0.648. The van der Waals surface area contributed by atoms with Gasteiger partial charge >= 0.3 is 5.97 Å². The minimum Gasteiger partial charge on any atom is -0.480 e. The van der Waals surface area contributed by atoms with Crippen LogP contribution in [0.3, 0.4) is 0 Å². The summed E-state index contributed by atoms with van der Waals surface area (Å²) in [5.41, 5.74) is 12.6. The van der Waals surface area contributed by atoms with Gasteiger partial charge in [0.15, 0.2) is 0 Å². The van der Waals surface area contributed by atoms with E-state index in [0.29, 0.717) is 21.8 Å². The number of hydrogen-bond donors (Lipinski definition) is 3. The van der Waals surface area contributed by atoms with Crippen molar-refractivity contribution in [2.45, 2.75) is 13.0 Å². The summed E-state index contributed by atoms with van der Waals surface area (Å²) in [6, 6.07) is 2.02. The van der Waals surface area contributed by atoms with Crippen molar-refractivity contribution in [1.82, 2.24) is 0 Å². The number of aliphatic carboxylic acids is 1. The maximum atomic E-state index is 10.6. The van der Waals surface area contributed by atoms with Gasteiger partial charge in [0.05, 0.1) is 5.02 Å². The molecule has 0 aliphatic rings. The maximum absolute atomic E-state index is 10.6. The molecule has 0 bridgehead atoms. The standard InChI is InChI=1S/C9H11ClN2O2/c1-4-6(11)3-2-5(7(4)10)8(12)9(13)14/h2-3,8H,11-12H2,1H3,(H,13,14)/t8-/m0/s1. The van der Waals surface area contributed by atoms with E-state index >= 15 is 0 Å². The zero-order valence-corrected chi connectivity index (χ0v) is 8.38. The van der Waals surface area contributed by atoms with E-state index in [9.17, 15) is 4.79 Å². The van der Waals surface area contributed by atoms with Crippen molar-refractivity contribution in [1.29, 1.82) is 0 Å². The van der Waals surface area contributed by atoms with Crippen LogP contribution in [-0.4, -0.2) is 11.1 Å². The number of benzene rings is 1. The average Bonchev–Trinajstić information content (AvgIpc) is 2.13. The molecule has 0 aliphatic heterocycles. The Bertz CT molecular complexity index is 379. The van der Waals surface area contributed by atoms with Gasteiger partial charge in [-0.2, -0.15) is 0 Å². The molecule has 1 rings (SSSR count). The van der Waals surface area contributed by atoms with Gasteiger partial charge in [-0.25, -0.2) is 0 Å². The van der Waals surface area contributed by atoms with Gasteiger partial charge in [0, 0.05) is 5.69 Å². The Kier molecular flexibility index (Phi) is 2.98. The summed E-state index contributed by atoms with van der Waals surface area (Å²) >= 11 is 5.91. The van der Waals surface area contributed by atoms with Crippen molar-refractivity contribution in [3.05, 3.63) is 28.3 Å². The molecule has 0 amide bonds. The number of carboxylic acid groups (broad SMARTS) is 1. The number of nitrogen functional groups attached to an aromatic ring is 1. The van der Waals surface area contributed by atoms with Crippen LogP contribution in [0.5, 0.6) is 0 Å². The Labute approximate surface area is 86.5 Å². The Morgan fingerprint density at radius 1 is 1.57 bits per heavy atom.